The van der Waals surface area contributed by atoms with Gasteiger partial charge in [0.1, 0.15) is 6.04 Å². The van der Waals surface area contributed by atoms with Gasteiger partial charge in [0.05, 0.1) is 4.88 Å². The van der Waals surface area contributed by atoms with Crippen LogP contribution < -0.4 is 10.6 Å². The van der Waals surface area contributed by atoms with E-state index in [-0.39, 0.29) is 24.0 Å². The van der Waals surface area contributed by atoms with Crippen molar-refractivity contribution in [1.29, 1.82) is 0 Å². The molecule has 1 fully saturated rings. The first-order valence-electron chi connectivity index (χ1n) is 9.16. The summed E-state index contributed by atoms with van der Waals surface area (Å²) in [7, 11) is 0. The van der Waals surface area contributed by atoms with Crippen LogP contribution in [-0.2, 0) is 11.2 Å². The predicted molar refractivity (Wildman–Crippen MR) is 103 cm³/mol. The van der Waals surface area contributed by atoms with Gasteiger partial charge in [-0.1, -0.05) is 43.7 Å². The van der Waals surface area contributed by atoms with Crippen molar-refractivity contribution in [1.82, 2.24) is 10.2 Å². The third-order valence-corrected chi connectivity index (χ3v) is 5.68. The monoisotopic (exact) mass is 372 g/mol. The summed E-state index contributed by atoms with van der Waals surface area (Å²) >= 11 is 1.69. The Morgan fingerprint density at radius 3 is 2.65 bits per heavy atom. The molecule has 0 radical (unpaired) electrons. The van der Waals surface area contributed by atoms with Gasteiger partial charge in [-0.15, -0.1) is 11.3 Å². The summed E-state index contributed by atoms with van der Waals surface area (Å²) in [5.41, 5.74) is 2.51. The molecule has 26 heavy (non-hydrogen) atoms. The van der Waals surface area contributed by atoms with Crippen LogP contribution in [-0.4, -0.2) is 36.0 Å². The van der Waals surface area contributed by atoms with Gasteiger partial charge in [0, 0.05) is 18.7 Å². The van der Waals surface area contributed by atoms with Gasteiger partial charge >= 0.3 is 6.03 Å². The molecule has 6 heteroatoms. The van der Waals surface area contributed by atoms with Gasteiger partial charge in [0.15, 0.2) is 6.04 Å². The summed E-state index contributed by atoms with van der Waals surface area (Å²) in [6.45, 7) is 5.04. The number of benzene rings is 1. The Balaban J connectivity index is 1.78. The molecule has 1 aromatic heterocycles. The van der Waals surface area contributed by atoms with Gasteiger partial charge in [0.2, 0.25) is 0 Å². The highest BCUT2D eigenvalue weighted by Crippen LogP contribution is 2.23. The molecule has 0 unspecified atom stereocenters. The van der Waals surface area contributed by atoms with E-state index in [0.29, 0.717) is 13.1 Å². The summed E-state index contributed by atoms with van der Waals surface area (Å²) in [5.74, 6) is -0.135. The number of nitrogens with one attached hydrogen (secondary N) is 1. The number of aryl methyl sites for hydroxylation is 1. The lowest BCUT2D eigenvalue weighted by molar-refractivity contribution is -0.704. The molecule has 2 heterocycles. The molecular weight excluding hydrogens is 346 g/mol. The van der Waals surface area contributed by atoms with Gasteiger partial charge in [-0.25, -0.2) is 4.79 Å². The maximum absolute atomic E-state index is 12.7. The molecule has 0 spiro atoms. The Bertz CT molecular complexity index is 743. The number of hydrogen-bond donors (Lipinski definition) is 2. The van der Waals surface area contributed by atoms with Crippen molar-refractivity contribution < 1.29 is 14.9 Å². The minimum Gasteiger partial charge on any atom is -0.336 e. The highest BCUT2D eigenvalue weighted by Gasteiger charge is 2.33. The van der Waals surface area contributed by atoms with Crippen molar-refractivity contribution >= 4 is 23.3 Å². The average molecular weight is 373 g/mol. The normalized spacial score (nSPS) is 16.4. The van der Waals surface area contributed by atoms with Crippen molar-refractivity contribution in [2.75, 3.05) is 13.1 Å². The first-order valence-corrected chi connectivity index (χ1v) is 10.0. The van der Waals surface area contributed by atoms with Crippen LogP contribution in [0.15, 0.2) is 41.8 Å². The topological polar surface area (TPSA) is 66.0 Å². The zero-order valence-corrected chi connectivity index (χ0v) is 16.1. The van der Waals surface area contributed by atoms with Crippen molar-refractivity contribution in [3.8, 4) is 0 Å². The molecule has 2 atom stereocenters. The lowest BCUT2D eigenvalue weighted by atomic mass is 10.0. The zero-order chi connectivity index (χ0) is 18.5. The van der Waals surface area contributed by atoms with Crippen LogP contribution in [0.4, 0.5) is 4.79 Å². The number of carbonyl (C=O) groups excluding carboxylic acids is 2. The number of amides is 3. The molecule has 3 amide bonds. The van der Waals surface area contributed by atoms with E-state index in [1.54, 1.807) is 11.3 Å². The number of thiophene rings is 1. The molecule has 2 aromatic rings. The van der Waals surface area contributed by atoms with Crippen molar-refractivity contribution in [3.63, 3.8) is 0 Å². The minimum absolute atomic E-state index is 0.0512. The van der Waals surface area contributed by atoms with Crippen LogP contribution in [0.1, 0.15) is 42.3 Å². The maximum atomic E-state index is 12.7. The number of nitrogens with zero attached hydrogens (tertiary/aromatic N) is 1. The van der Waals surface area contributed by atoms with E-state index < -0.39 is 0 Å². The molecule has 5 nitrogen and oxygen atoms in total. The number of hydrogen-bond acceptors (Lipinski definition) is 3. The highest BCUT2D eigenvalue weighted by molar-refractivity contribution is 7.10. The minimum atomic E-state index is -0.332. The fraction of sp³-hybridized carbons (Fsp3) is 0.400. The van der Waals surface area contributed by atoms with Gasteiger partial charge in [-0.05, 0) is 30.4 Å². The number of imide groups is 1. The second-order valence-corrected chi connectivity index (χ2v) is 7.67. The lowest BCUT2D eigenvalue weighted by Gasteiger charge is -2.22. The van der Waals surface area contributed by atoms with Crippen LogP contribution in [0.25, 0.3) is 0 Å². The molecular formula is C20H26N3O2S+. The first kappa shape index (κ1) is 18.6. The summed E-state index contributed by atoms with van der Waals surface area (Å²) in [6.07, 6.45) is 2.20. The molecule has 1 saturated heterocycles. The van der Waals surface area contributed by atoms with Gasteiger partial charge in [-0.2, -0.15) is 0 Å². The Hall–Kier alpha value is -2.18. The number of urea groups is 1. The second-order valence-electron chi connectivity index (χ2n) is 6.69. The predicted octanol–water partition coefficient (Wildman–Crippen LogP) is 2.29. The van der Waals surface area contributed by atoms with Crippen LogP contribution in [0.5, 0.6) is 0 Å². The number of carbonyl (C=O) groups is 2. The molecule has 0 aliphatic carbocycles. The molecule has 0 saturated carbocycles. The quantitative estimate of drug-likeness (QED) is 0.783. The zero-order valence-electron chi connectivity index (χ0n) is 15.3. The number of quaternary nitrogens is 1. The second kappa shape index (κ2) is 8.47. The Kier molecular flexibility index (Phi) is 6.06. The van der Waals surface area contributed by atoms with Gasteiger partial charge in [-0.3, -0.25) is 9.69 Å². The van der Waals surface area contributed by atoms with Crippen LogP contribution in [0.3, 0.4) is 0 Å². The van der Waals surface area contributed by atoms with Gasteiger partial charge < -0.3 is 10.6 Å². The van der Waals surface area contributed by atoms with Crippen LogP contribution in [0, 0.1) is 0 Å². The third kappa shape index (κ3) is 4.14. The van der Waals surface area contributed by atoms with E-state index in [4.69, 9.17) is 0 Å². The van der Waals surface area contributed by atoms with E-state index in [0.717, 1.165) is 12.8 Å². The van der Waals surface area contributed by atoms with E-state index >= 15 is 0 Å². The molecule has 1 aromatic carbocycles. The highest BCUT2D eigenvalue weighted by atomic mass is 32.1. The largest absolute Gasteiger partial charge is 0.336 e. The molecule has 3 N–H and O–H groups in total. The summed E-state index contributed by atoms with van der Waals surface area (Å²) in [5, 5.41) is 6.81. The average Bonchev–Trinajstić information content (AvgIpc) is 3.31. The van der Waals surface area contributed by atoms with Crippen molar-refractivity contribution in [2.24, 2.45) is 0 Å². The maximum Gasteiger partial charge on any atom is 0.324 e. The molecule has 0 bridgehead atoms. The van der Waals surface area contributed by atoms with Crippen LogP contribution >= 0.6 is 11.3 Å². The van der Waals surface area contributed by atoms with E-state index in [1.807, 2.05) is 13.0 Å². The van der Waals surface area contributed by atoms with Crippen LogP contribution in [0.2, 0.25) is 0 Å². The Morgan fingerprint density at radius 1 is 1.31 bits per heavy atom. The Labute approximate surface area is 158 Å². The standard InChI is InChI=1S/C20H25N3O2S/c1-3-5-15-7-9-16(10-8-15)18(17-6-4-13-26-17)22-14(2)19(24)23-12-11-21-20(23)25/h4,6-10,13-14,18,22H,3,5,11-12H2,1-2H3,(H,21,25)/p+1/t14-,18+/m0/s1. The summed E-state index contributed by atoms with van der Waals surface area (Å²) < 4.78 is 0. The van der Waals surface area contributed by atoms with Gasteiger partial charge in [0.25, 0.3) is 5.91 Å². The molecule has 138 valence electrons. The molecule has 1 aliphatic rings. The number of nitrogens with two attached hydrogens (primary N) is 1. The summed E-state index contributed by atoms with van der Waals surface area (Å²) in [4.78, 5) is 27.0. The third-order valence-electron chi connectivity index (χ3n) is 4.72. The number of rotatable bonds is 7. The van der Waals surface area contributed by atoms with E-state index in [2.05, 4.69) is 53.3 Å². The van der Waals surface area contributed by atoms with Crippen molar-refractivity contribution in [2.45, 2.75) is 38.8 Å². The SMILES string of the molecule is CCCc1ccc([C@@H]([NH2+][C@@H](C)C(=O)N2CCNC2=O)c2cccs2)cc1. The van der Waals surface area contributed by atoms with E-state index in [1.165, 1.54) is 20.9 Å². The Morgan fingerprint density at radius 2 is 2.08 bits per heavy atom. The van der Waals surface area contributed by atoms with Crippen molar-refractivity contribution in [3.05, 3.63) is 57.8 Å². The first-order chi connectivity index (χ1) is 12.6. The fourth-order valence-corrected chi connectivity index (χ4v) is 4.15. The smallest absolute Gasteiger partial charge is 0.324 e. The lowest BCUT2D eigenvalue weighted by Crippen LogP contribution is -2.92. The molecule has 3 rings (SSSR count). The van der Waals surface area contributed by atoms with E-state index in [9.17, 15) is 9.59 Å². The summed E-state index contributed by atoms with van der Waals surface area (Å²) in [6, 6.07) is 12.2. The fourth-order valence-electron chi connectivity index (χ4n) is 3.32. The molecule has 1 aliphatic heterocycles.